The maximum atomic E-state index is 13.1. The molecule has 0 amide bonds. The molecular formula is C4H2Cl5F5S4. The largest absolute Gasteiger partial charge is 0.447 e. The Labute approximate surface area is 143 Å². The smallest absolute Gasteiger partial charge is 0.197 e. The van der Waals surface area contributed by atoms with Crippen LogP contribution in [0, 0.1) is 0 Å². The Morgan fingerprint density at radius 1 is 0.722 bits per heavy atom. The number of hydrogen-bond donors (Lipinski definition) is 0. The first-order valence-electron chi connectivity index (χ1n) is 3.12. The molecule has 0 spiro atoms. The number of thioether (sulfide) groups is 1. The third kappa shape index (κ3) is 9.44. The predicted molar refractivity (Wildman–Crippen MR) is 78.9 cm³/mol. The van der Waals surface area contributed by atoms with Gasteiger partial charge in [0.2, 0.25) is 6.79 Å². The first-order valence-corrected chi connectivity index (χ1v) is 7.98. The number of alkyl halides is 10. The zero-order chi connectivity index (χ0) is 14.1. The van der Waals surface area contributed by atoms with Gasteiger partial charge in [-0.3, -0.25) is 0 Å². The highest BCUT2D eigenvalue weighted by Crippen LogP contribution is 2.63. The molecule has 0 heterocycles. The molecule has 0 unspecified atom stereocenters. The fraction of sp³-hybridized carbons (Fsp3) is 1.00. The van der Waals surface area contributed by atoms with E-state index in [1.165, 1.54) is 0 Å². The topological polar surface area (TPSA) is 0 Å². The quantitative estimate of drug-likeness (QED) is 0.263. The average Bonchev–Trinajstić information content (AvgIpc) is 1.94. The van der Waals surface area contributed by atoms with Gasteiger partial charge in [-0.15, -0.1) is 0 Å². The SMILES string of the molecule is FC(F)(F)SC(F)(F)C(Cl)(Cl)SSC(Cl)(Cl)Cl.S. The third-order valence-electron chi connectivity index (χ3n) is 0.824. The van der Waals surface area contributed by atoms with Crippen LogP contribution < -0.4 is 0 Å². The van der Waals surface area contributed by atoms with E-state index in [1.807, 2.05) is 0 Å². The summed E-state index contributed by atoms with van der Waals surface area (Å²) in [4.78, 5) is 0. The molecule has 0 aliphatic heterocycles. The second kappa shape index (κ2) is 7.67. The Morgan fingerprint density at radius 2 is 1.11 bits per heavy atom. The Kier molecular flexibility index (Phi) is 9.70. The summed E-state index contributed by atoms with van der Waals surface area (Å²) in [6.07, 6.45) is 0. The Morgan fingerprint density at radius 3 is 1.39 bits per heavy atom. The van der Waals surface area contributed by atoms with Crippen molar-refractivity contribution in [3.63, 3.8) is 0 Å². The van der Waals surface area contributed by atoms with Crippen LogP contribution in [-0.4, -0.2) is 17.6 Å². The summed E-state index contributed by atoms with van der Waals surface area (Å²) in [6.45, 7) is 0. The van der Waals surface area contributed by atoms with E-state index in [2.05, 4.69) is 0 Å². The van der Waals surface area contributed by atoms with Gasteiger partial charge >= 0.3 is 10.8 Å². The van der Waals surface area contributed by atoms with Crippen molar-refractivity contribution in [1.82, 2.24) is 0 Å². The van der Waals surface area contributed by atoms with Gasteiger partial charge in [0.25, 0.3) is 0 Å². The number of halogens is 10. The van der Waals surface area contributed by atoms with E-state index >= 15 is 0 Å². The lowest BCUT2D eigenvalue weighted by atomic mass is 10.8. The van der Waals surface area contributed by atoms with Gasteiger partial charge in [0.05, 0.1) is 0 Å². The van der Waals surface area contributed by atoms with E-state index in [-0.39, 0.29) is 35.1 Å². The minimum Gasteiger partial charge on any atom is -0.197 e. The molecule has 0 nitrogen and oxygen atoms in total. The molecule has 14 heteroatoms. The zero-order valence-electron chi connectivity index (χ0n) is 7.50. The normalized spacial score (nSPS) is 14.3. The fourth-order valence-electron chi connectivity index (χ4n) is 0.353. The third-order valence-corrected chi connectivity index (χ3v) is 7.46. The van der Waals surface area contributed by atoms with Crippen molar-refractivity contribution in [2.45, 2.75) is 17.6 Å². The average molecular weight is 451 g/mol. The molecule has 0 saturated heterocycles. The van der Waals surface area contributed by atoms with Crippen molar-refractivity contribution >= 4 is 105 Å². The van der Waals surface area contributed by atoms with E-state index in [9.17, 15) is 22.0 Å². The molecule has 0 aliphatic rings. The predicted octanol–water partition coefficient (Wildman–Crippen LogP) is 6.79. The Balaban J connectivity index is 0. The van der Waals surface area contributed by atoms with Crippen LogP contribution in [0.25, 0.3) is 0 Å². The van der Waals surface area contributed by atoms with Crippen molar-refractivity contribution in [3.8, 4) is 0 Å². The van der Waals surface area contributed by atoms with E-state index in [4.69, 9.17) is 58.0 Å². The number of rotatable bonds is 4. The minimum absolute atomic E-state index is 0. The van der Waals surface area contributed by atoms with Crippen LogP contribution in [0.2, 0.25) is 0 Å². The van der Waals surface area contributed by atoms with E-state index in [0.29, 0.717) is 0 Å². The molecule has 0 aromatic heterocycles. The lowest BCUT2D eigenvalue weighted by Crippen LogP contribution is -2.34. The van der Waals surface area contributed by atoms with Crippen molar-refractivity contribution in [3.05, 3.63) is 0 Å². The van der Waals surface area contributed by atoms with Crippen LogP contribution >= 0.6 is 105 Å². The molecule has 0 aromatic rings. The van der Waals surface area contributed by atoms with Gasteiger partial charge in [-0.05, 0) is 21.6 Å². The fourth-order valence-corrected chi connectivity index (χ4v) is 4.03. The molecule has 0 aliphatic carbocycles. The van der Waals surface area contributed by atoms with Crippen LogP contribution in [0.3, 0.4) is 0 Å². The van der Waals surface area contributed by atoms with Gasteiger partial charge in [-0.1, -0.05) is 58.0 Å². The molecule has 0 radical (unpaired) electrons. The van der Waals surface area contributed by atoms with Crippen LogP contribution in [0.15, 0.2) is 0 Å². The second-order valence-corrected chi connectivity index (χ2v) is 10.7. The summed E-state index contributed by atoms with van der Waals surface area (Å²) < 4.78 is 56.5. The molecule has 0 bridgehead atoms. The van der Waals surface area contributed by atoms with Gasteiger partial charge in [0.15, 0.2) is 0 Å². The summed E-state index contributed by atoms with van der Waals surface area (Å²) in [5.41, 5.74) is -5.20. The van der Waals surface area contributed by atoms with Crippen LogP contribution in [0.1, 0.15) is 0 Å². The summed E-state index contributed by atoms with van der Waals surface area (Å²) in [6, 6.07) is 0. The summed E-state index contributed by atoms with van der Waals surface area (Å²) in [7, 11) is 0.0959. The highest BCUT2D eigenvalue weighted by Gasteiger charge is 2.60. The van der Waals surface area contributed by atoms with Gasteiger partial charge < -0.3 is 0 Å². The first kappa shape index (κ1) is 22.8. The van der Waals surface area contributed by atoms with E-state index in [0.717, 1.165) is 0 Å². The maximum Gasteiger partial charge on any atom is 0.447 e. The monoisotopic (exact) mass is 448 g/mol. The Bertz CT molecular complexity index is 266. The Hall–Kier alpha value is 2.50. The van der Waals surface area contributed by atoms with Crippen molar-refractivity contribution < 1.29 is 22.0 Å². The van der Waals surface area contributed by atoms with Crippen LogP contribution in [-0.2, 0) is 0 Å². The lowest BCUT2D eigenvalue weighted by molar-refractivity contribution is -0.0411. The molecular weight excluding hydrogens is 449 g/mol. The van der Waals surface area contributed by atoms with Gasteiger partial charge in [-0.25, -0.2) is 0 Å². The second-order valence-electron chi connectivity index (χ2n) is 2.19. The van der Waals surface area contributed by atoms with E-state index < -0.39 is 29.3 Å². The summed E-state index contributed by atoms with van der Waals surface area (Å²) in [5.74, 6) is 0. The molecule has 0 atom stereocenters. The van der Waals surface area contributed by atoms with Crippen molar-refractivity contribution in [2.75, 3.05) is 0 Å². The molecule has 0 fully saturated rings. The van der Waals surface area contributed by atoms with Gasteiger partial charge in [0, 0.05) is 11.8 Å². The summed E-state index contributed by atoms with van der Waals surface area (Å²) >= 11 is 24.2. The van der Waals surface area contributed by atoms with Gasteiger partial charge in [0.1, 0.15) is 0 Å². The maximum absolute atomic E-state index is 13.1. The highest BCUT2D eigenvalue weighted by atomic mass is 35.6. The van der Waals surface area contributed by atoms with E-state index in [1.54, 1.807) is 0 Å². The zero-order valence-corrected chi connectivity index (χ0v) is 14.7. The summed E-state index contributed by atoms with van der Waals surface area (Å²) in [5, 5.41) is -4.51. The molecule has 18 heavy (non-hydrogen) atoms. The molecule has 112 valence electrons. The minimum atomic E-state index is -5.20. The van der Waals surface area contributed by atoms with Gasteiger partial charge in [-0.2, -0.15) is 35.4 Å². The highest BCUT2D eigenvalue weighted by molar-refractivity contribution is 8.79. The first-order chi connectivity index (χ1) is 7.16. The van der Waals surface area contributed by atoms with Crippen LogP contribution in [0.4, 0.5) is 22.0 Å². The number of hydrogen-bond acceptors (Lipinski definition) is 3. The lowest BCUT2D eigenvalue weighted by Gasteiger charge is -2.28. The van der Waals surface area contributed by atoms with Crippen LogP contribution in [0.5, 0.6) is 0 Å². The molecule has 0 N–H and O–H groups in total. The van der Waals surface area contributed by atoms with Crippen molar-refractivity contribution in [1.29, 1.82) is 0 Å². The molecule has 0 saturated carbocycles. The standard InChI is InChI=1S/C4Cl5F5S3.H2S/c5-1(6,16-17-3(7,8)9)2(10,11)15-4(12,13)14;/h;1H2. The molecule has 0 rings (SSSR count). The van der Waals surface area contributed by atoms with Crippen molar-refractivity contribution in [2.24, 2.45) is 0 Å². The molecule has 0 aromatic carbocycles.